The number of likely N-dealkylation sites (tertiary alicyclic amines) is 1. The van der Waals surface area contributed by atoms with Gasteiger partial charge in [0.1, 0.15) is 0 Å². The quantitative estimate of drug-likeness (QED) is 0.926. The Morgan fingerprint density at radius 1 is 1.10 bits per heavy atom. The molecule has 2 aliphatic heterocycles. The van der Waals surface area contributed by atoms with Gasteiger partial charge < -0.3 is 10.0 Å². The van der Waals surface area contributed by atoms with E-state index in [4.69, 9.17) is 0 Å². The van der Waals surface area contributed by atoms with Crippen molar-refractivity contribution in [1.29, 1.82) is 0 Å². The number of hydrogen-bond donors (Lipinski definition) is 1. The third kappa shape index (κ3) is 3.24. The van der Waals surface area contributed by atoms with Crippen molar-refractivity contribution in [2.24, 2.45) is 0 Å². The maximum Gasteiger partial charge on any atom is 0.0872 e. The van der Waals surface area contributed by atoms with Crippen LogP contribution in [0.15, 0.2) is 24.3 Å². The molecule has 116 valence electrons. The minimum Gasteiger partial charge on any atom is -0.388 e. The van der Waals surface area contributed by atoms with Crippen LogP contribution in [0.1, 0.15) is 45.1 Å². The molecule has 2 saturated heterocycles. The van der Waals surface area contributed by atoms with Gasteiger partial charge in [0.15, 0.2) is 0 Å². The zero-order valence-corrected chi connectivity index (χ0v) is 13.5. The van der Waals surface area contributed by atoms with Gasteiger partial charge in [-0.15, -0.1) is 0 Å². The van der Waals surface area contributed by atoms with E-state index in [1.807, 2.05) is 6.92 Å². The number of anilines is 1. The summed E-state index contributed by atoms with van der Waals surface area (Å²) in [5.74, 6) is 0.601. The summed E-state index contributed by atoms with van der Waals surface area (Å²) in [6, 6.07) is 9.72. The number of rotatable bonds is 3. The average molecular weight is 288 g/mol. The van der Waals surface area contributed by atoms with Gasteiger partial charge >= 0.3 is 0 Å². The van der Waals surface area contributed by atoms with E-state index >= 15 is 0 Å². The van der Waals surface area contributed by atoms with E-state index in [1.54, 1.807) is 0 Å². The topological polar surface area (TPSA) is 26.7 Å². The molecule has 2 aliphatic rings. The second-order valence-corrected chi connectivity index (χ2v) is 7.37. The van der Waals surface area contributed by atoms with E-state index < -0.39 is 5.60 Å². The normalized spacial score (nSPS) is 23.4. The Bertz CT molecular complexity index is 464. The Morgan fingerprint density at radius 2 is 1.67 bits per heavy atom. The molecule has 1 aromatic rings. The molecular formula is C18H28N2O. The molecule has 0 aliphatic carbocycles. The highest BCUT2D eigenvalue weighted by molar-refractivity contribution is 5.48. The number of benzene rings is 1. The van der Waals surface area contributed by atoms with Crippen molar-refractivity contribution in [2.45, 2.75) is 51.2 Å². The molecule has 21 heavy (non-hydrogen) atoms. The summed E-state index contributed by atoms with van der Waals surface area (Å²) in [5.41, 5.74) is 2.33. The Balaban J connectivity index is 1.53. The van der Waals surface area contributed by atoms with Gasteiger partial charge in [0.25, 0.3) is 0 Å². The van der Waals surface area contributed by atoms with Crippen LogP contribution in [0.5, 0.6) is 0 Å². The average Bonchev–Trinajstić information content (AvgIpc) is 2.45. The zero-order valence-electron chi connectivity index (χ0n) is 13.5. The first-order valence-electron chi connectivity index (χ1n) is 8.26. The first kappa shape index (κ1) is 14.9. The Labute approximate surface area is 128 Å². The van der Waals surface area contributed by atoms with Crippen LogP contribution < -0.4 is 4.90 Å². The maximum absolute atomic E-state index is 9.86. The van der Waals surface area contributed by atoms with Gasteiger partial charge in [-0.3, -0.25) is 4.90 Å². The van der Waals surface area contributed by atoms with Crippen LogP contribution in [-0.4, -0.2) is 47.8 Å². The molecule has 3 rings (SSSR count). The smallest absolute Gasteiger partial charge is 0.0872 e. The highest BCUT2D eigenvalue weighted by Crippen LogP contribution is 2.29. The minimum absolute atomic E-state index is 0.441. The van der Waals surface area contributed by atoms with Gasteiger partial charge in [0, 0.05) is 37.9 Å². The Morgan fingerprint density at radius 3 is 2.14 bits per heavy atom. The lowest BCUT2D eigenvalue weighted by Gasteiger charge is -2.50. The van der Waals surface area contributed by atoms with Crippen LogP contribution in [0, 0.1) is 0 Å². The molecule has 1 aromatic carbocycles. The molecule has 1 N–H and O–H groups in total. The van der Waals surface area contributed by atoms with Crippen LogP contribution in [0.25, 0.3) is 0 Å². The van der Waals surface area contributed by atoms with Crippen molar-refractivity contribution in [2.75, 3.05) is 31.1 Å². The van der Waals surface area contributed by atoms with Crippen LogP contribution in [0.3, 0.4) is 0 Å². The second kappa shape index (κ2) is 5.62. The Kier molecular flexibility index (Phi) is 3.98. The third-order valence-electron chi connectivity index (χ3n) is 4.99. The first-order valence-corrected chi connectivity index (χ1v) is 8.26. The predicted molar refractivity (Wildman–Crippen MR) is 88.0 cm³/mol. The van der Waals surface area contributed by atoms with Crippen molar-refractivity contribution < 1.29 is 5.11 Å². The summed E-state index contributed by atoms with van der Waals surface area (Å²) in [5, 5.41) is 9.86. The number of hydrogen-bond acceptors (Lipinski definition) is 3. The van der Waals surface area contributed by atoms with Crippen molar-refractivity contribution >= 4 is 5.69 Å². The van der Waals surface area contributed by atoms with Crippen LogP contribution in [0.2, 0.25) is 0 Å². The summed E-state index contributed by atoms with van der Waals surface area (Å²) in [6.45, 7) is 10.4. The van der Waals surface area contributed by atoms with Crippen LogP contribution in [0.4, 0.5) is 5.69 Å². The number of β-amino-alcohol motifs (C(OH)–C–C–N with tert-alkyl or cyclic N) is 1. The largest absolute Gasteiger partial charge is 0.388 e. The fourth-order valence-electron chi connectivity index (χ4n) is 3.65. The lowest BCUT2D eigenvalue weighted by atomic mass is 9.91. The lowest BCUT2D eigenvalue weighted by Crippen LogP contribution is -2.64. The molecule has 0 atom stereocenters. The molecule has 0 radical (unpaired) electrons. The molecule has 0 aromatic heterocycles. The molecule has 3 nitrogen and oxygen atoms in total. The first-order chi connectivity index (χ1) is 9.94. The monoisotopic (exact) mass is 288 g/mol. The van der Waals surface area contributed by atoms with E-state index in [0.717, 1.165) is 26.2 Å². The fourth-order valence-corrected chi connectivity index (χ4v) is 3.65. The summed E-state index contributed by atoms with van der Waals surface area (Å²) in [6.07, 6.45) is 2.42. The van der Waals surface area contributed by atoms with Gasteiger partial charge in [-0.25, -0.2) is 0 Å². The van der Waals surface area contributed by atoms with E-state index in [2.05, 4.69) is 47.9 Å². The molecular weight excluding hydrogens is 260 g/mol. The lowest BCUT2D eigenvalue weighted by molar-refractivity contribution is -0.105. The van der Waals surface area contributed by atoms with Crippen molar-refractivity contribution in [3.05, 3.63) is 29.8 Å². The van der Waals surface area contributed by atoms with Gasteiger partial charge in [0.05, 0.1) is 5.60 Å². The highest BCUT2D eigenvalue weighted by atomic mass is 16.3. The van der Waals surface area contributed by atoms with Crippen molar-refractivity contribution in [3.63, 3.8) is 0 Å². The second-order valence-electron chi connectivity index (χ2n) is 7.37. The Hall–Kier alpha value is -1.06. The van der Waals surface area contributed by atoms with E-state index in [0.29, 0.717) is 12.0 Å². The standard InChI is InChI=1S/C18H28N2O/c1-14(2)15-4-6-16(7-5-15)19-10-8-17(9-11-19)20-12-18(3,21)13-20/h4-7,14,17,21H,8-13H2,1-3H3. The van der Waals surface area contributed by atoms with Gasteiger partial charge in [-0.1, -0.05) is 26.0 Å². The van der Waals surface area contributed by atoms with Gasteiger partial charge in [-0.05, 0) is 43.4 Å². The van der Waals surface area contributed by atoms with Crippen molar-refractivity contribution in [1.82, 2.24) is 4.90 Å². The number of nitrogens with zero attached hydrogens (tertiary/aromatic N) is 2. The van der Waals surface area contributed by atoms with Crippen LogP contribution >= 0.6 is 0 Å². The summed E-state index contributed by atoms with van der Waals surface area (Å²) >= 11 is 0. The molecule has 0 unspecified atom stereocenters. The van der Waals surface area contributed by atoms with Crippen molar-refractivity contribution in [3.8, 4) is 0 Å². The third-order valence-corrected chi connectivity index (χ3v) is 4.99. The highest BCUT2D eigenvalue weighted by Gasteiger charge is 2.40. The molecule has 0 bridgehead atoms. The van der Waals surface area contributed by atoms with Gasteiger partial charge in [0.2, 0.25) is 0 Å². The van der Waals surface area contributed by atoms with Crippen LogP contribution in [-0.2, 0) is 0 Å². The molecule has 0 saturated carbocycles. The summed E-state index contributed by atoms with van der Waals surface area (Å²) < 4.78 is 0. The maximum atomic E-state index is 9.86. The SMILES string of the molecule is CC(C)c1ccc(N2CCC(N3CC(C)(O)C3)CC2)cc1. The summed E-state index contributed by atoms with van der Waals surface area (Å²) in [4.78, 5) is 4.94. The zero-order chi connectivity index (χ0) is 15.0. The summed E-state index contributed by atoms with van der Waals surface area (Å²) in [7, 11) is 0. The fraction of sp³-hybridized carbons (Fsp3) is 0.667. The minimum atomic E-state index is -0.441. The van der Waals surface area contributed by atoms with E-state index in [9.17, 15) is 5.11 Å². The predicted octanol–water partition coefficient (Wildman–Crippen LogP) is 2.85. The van der Waals surface area contributed by atoms with E-state index in [1.165, 1.54) is 24.1 Å². The molecule has 2 fully saturated rings. The van der Waals surface area contributed by atoms with Gasteiger partial charge in [-0.2, -0.15) is 0 Å². The molecule has 2 heterocycles. The molecule has 3 heteroatoms. The van der Waals surface area contributed by atoms with E-state index in [-0.39, 0.29) is 0 Å². The molecule has 0 amide bonds. The molecule has 0 spiro atoms. The number of aliphatic hydroxyl groups is 1. The number of piperidine rings is 1.